The van der Waals surface area contributed by atoms with E-state index >= 15 is 0 Å². The molecule has 2 atom stereocenters. The summed E-state index contributed by atoms with van der Waals surface area (Å²) in [5.74, 6) is 1.86. The third kappa shape index (κ3) is 11.0. The minimum Gasteiger partial charge on any atom is -0.493 e. The van der Waals surface area contributed by atoms with Crippen molar-refractivity contribution in [2.75, 3.05) is 63.6 Å². The number of anilines is 2. The van der Waals surface area contributed by atoms with Crippen LogP contribution in [-0.2, 0) is 21.4 Å². The van der Waals surface area contributed by atoms with E-state index in [0.717, 1.165) is 88.9 Å². The molecule has 2 aliphatic rings. The van der Waals surface area contributed by atoms with Crippen LogP contribution in [0.25, 0.3) is 21.8 Å². The quantitative estimate of drug-likeness (QED) is 0.0553. The number of hydrogen-bond acceptors (Lipinski definition) is 11. The van der Waals surface area contributed by atoms with Crippen molar-refractivity contribution in [1.29, 1.82) is 0 Å². The molecule has 2 aromatic heterocycles. The molecule has 0 spiro atoms. The number of nitrogens with one attached hydrogen (secondary N) is 3. The molecule has 2 fully saturated rings. The fourth-order valence-electron chi connectivity index (χ4n) is 8.43. The summed E-state index contributed by atoms with van der Waals surface area (Å²) in [6.07, 6.45) is 8.81. The molecule has 3 aromatic carbocycles. The lowest BCUT2D eigenvalue weighted by Gasteiger charge is -2.34. The second kappa shape index (κ2) is 20.5. The van der Waals surface area contributed by atoms with Crippen LogP contribution in [0.5, 0.6) is 11.5 Å². The number of ether oxygens (including phenoxy) is 2. The summed E-state index contributed by atoms with van der Waals surface area (Å²) < 4.78 is 14.8. The van der Waals surface area contributed by atoms with Crippen molar-refractivity contribution in [3.63, 3.8) is 0 Å². The summed E-state index contributed by atoms with van der Waals surface area (Å²) in [7, 11) is 3.50. The summed E-state index contributed by atoms with van der Waals surface area (Å²) in [6.45, 7) is 9.11. The monoisotopic (exact) mass is 895 g/mol. The number of unbranched alkanes of at least 4 members (excludes halogenated alkanes) is 6. The minimum atomic E-state index is -0.474. The lowest BCUT2D eigenvalue weighted by Crippen LogP contribution is -2.50. The van der Waals surface area contributed by atoms with Crippen LogP contribution in [0.2, 0.25) is 0 Å². The third-order valence-corrected chi connectivity index (χ3v) is 12.3. The molecular formula is C46H58BrN9O5. The lowest BCUT2D eigenvalue weighted by molar-refractivity contribution is -0.134. The van der Waals surface area contributed by atoms with Crippen LogP contribution < -0.4 is 25.4 Å². The zero-order chi connectivity index (χ0) is 42.9. The van der Waals surface area contributed by atoms with Gasteiger partial charge in [0.05, 0.1) is 54.6 Å². The lowest BCUT2D eigenvalue weighted by atomic mass is 9.92. The molecule has 0 aliphatic carbocycles. The van der Waals surface area contributed by atoms with E-state index in [1.807, 2.05) is 61.3 Å². The van der Waals surface area contributed by atoms with Crippen LogP contribution in [0.15, 0.2) is 59.1 Å². The van der Waals surface area contributed by atoms with Crippen LogP contribution >= 0.6 is 15.9 Å². The van der Waals surface area contributed by atoms with Gasteiger partial charge in [0.25, 0.3) is 0 Å². The first-order valence-electron chi connectivity index (χ1n) is 21.6. The summed E-state index contributed by atoms with van der Waals surface area (Å²) >= 11 is 3.57. The van der Waals surface area contributed by atoms with Crippen molar-refractivity contribution in [2.24, 2.45) is 7.05 Å². The smallest absolute Gasteiger partial charge is 0.241 e. The molecule has 4 heterocycles. The fraction of sp³-hybridized carbons (Fsp3) is 0.478. The van der Waals surface area contributed by atoms with Gasteiger partial charge in [-0.1, -0.05) is 72.3 Å². The molecule has 15 heteroatoms. The number of nitrogens with zero attached hydrogens (tertiary/aromatic N) is 6. The summed E-state index contributed by atoms with van der Waals surface area (Å²) in [6, 6.07) is 18.0. The van der Waals surface area contributed by atoms with Crippen molar-refractivity contribution in [3.05, 3.63) is 76.2 Å². The molecule has 0 radical (unpaired) electrons. The van der Waals surface area contributed by atoms with E-state index in [1.165, 1.54) is 32.1 Å². The molecule has 2 saturated heterocycles. The highest BCUT2D eigenvalue weighted by Gasteiger charge is 2.32. The Morgan fingerprint density at radius 3 is 2.44 bits per heavy atom. The van der Waals surface area contributed by atoms with Gasteiger partial charge in [0.2, 0.25) is 17.7 Å². The Kier molecular flexibility index (Phi) is 14.7. The van der Waals surface area contributed by atoms with E-state index in [0.29, 0.717) is 42.5 Å². The zero-order valence-corrected chi connectivity index (χ0v) is 37.4. The van der Waals surface area contributed by atoms with Crippen LogP contribution in [-0.4, -0.2) is 100 Å². The molecule has 61 heavy (non-hydrogen) atoms. The molecule has 14 nitrogen and oxygen atoms in total. The van der Waals surface area contributed by atoms with Crippen molar-refractivity contribution < 1.29 is 23.9 Å². The number of amides is 3. The average Bonchev–Trinajstić information content (AvgIpc) is 3.59. The number of imide groups is 1. The van der Waals surface area contributed by atoms with Gasteiger partial charge in [-0.2, -0.15) is 5.10 Å². The first kappa shape index (κ1) is 43.8. The number of methoxy groups -OCH3 is 1. The number of benzene rings is 3. The zero-order valence-electron chi connectivity index (χ0n) is 35.8. The number of carbonyl (C=O) groups is 3. The van der Waals surface area contributed by atoms with Crippen molar-refractivity contribution in [2.45, 2.75) is 83.6 Å². The number of piperazine rings is 1. The number of piperidine rings is 1. The van der Waals surface area contributed by atoms with E-state index in [4.69, 9.17) is 19.4 Å². The molecule has 5 aromatic rings. The SMILES string of the molecule is COc1cc2c(N[C@H](C)c3cccc(Br)c3)nc(C)nc2cc1OCCCCCCCCCN1CCN(C(=O)CNc2cccc3c(C4CCC(=O)NC4=O)nn(C)c23)CC1. The number of rotatable bonds is 19. The molecule has 3 N–H and O–H groups in total. The van der Waals surface area contributed by atoms with Gasteiger partial charge in [-0.05, 0) is 69.5 Å². The van der Waals surface area contributed by atoms with Gasteiger partial charge in [0.1, 0.15) is 11.6 Å². The maximum atomic E-state index is 13.2. The number of para-hydroxylation sites is 1. The summed E-state index contributed by atoms with van der Waals surface area (Å²) in [5.41, 5.74) is 4.26. The number of halogens is 1. The van der Waals surface area contributed by atoms with Gasteiger partial charge in [-0.3, -0.25) is 29.3 Å². The van der Waals surface area contributed by atoms with E-state index in [2.05, 4.69) is 60.9 Å². The number of aromatic nitrogens is 4. The normalized spacial score (nSPS) is 16.5. The Morgan fingerprint density at radius 1 is 0.934 bits per heavy atom. The van der Waals surface area contributed by atoms with E-state index in [9.17, 15) is 14.4 Å². The second-order valence-electron chi connectivity index (χ2n) is 16.2. The highest BCUT2D eigenvalue weighted by Crippen LogP contribution is 2.36. The molecule has 3 amide bonds. The second-order valence-corrected chi connectivity index (χ2v) is 17.1. The number of fused-ring (bicyclic) bond motifs is 2. The van der Waals surface area contributed by atoms with Crippen LogP contribution in [0.3, 0.4) is 0 Å². The Hall–Kier alpha value is -5.28. The van der Waals surface area contributed by atoms with Crippen molar-refractivity contribution in [3.8, 4) is 11.5 Å². The first-order valence-corrected chi connectivity index (χ1v) is 22.4. The molecule has 7 rings (SSSR count). The van der Waals surface area contributed by atoms with Gasteiger partial charge >= 0.3 is 0 Å². The largest absolute Gasteiger partial charge is 0.493 e. The van der Waals surface area contributed by atoms with E-state index < -0.39 is 5.92 Å². The Balaban J connectivity index is 0.768. The Morgan fingerprint density at radius 2 is 1.69 bits per heavy atom. The van der Waals surface area contributed by atoms with Crippen molar-refractivity contribution in [1.82, 2.24) is 34.9 Å². The van der Waals surface area contributed by atoms with Gasteiger partial charge in [-0.15, -0.1) is 0 Å². The molecule has 0 bridgehead atoms. The number of hydrogen-bond donors (Lipinski definition) is 3. The van der Waals surface area contributed by atoms with Crippen molar-refractivity contribution >= 4 is 67.0 Å². The maximum absolute atomic E-state index is 13.2. The van der Waals surface area contributed by atoms with Crippen LogP contribution in [0.1, 0.15) is 93.8 Å². The predicted octanol–water partition coefficient (Wildman–Crippen LogP) is 7.66. The molecule has 1 unspecified atom stereocenters. The number of carbonyl (C=O) groups excluding carboxylic acids is 3. The molecule has 2 aliphatic heterocycles. The van der Waals surface area contributed by atoms with Gasteiger partial charge < -0.3 is 25.0 Å². The highest BCUT2D eigenvalue weighted by atomic mass is 79.9. The van der Waals surface area contributed by atoms with Crippen LogP contribution in [0, 0.1) is 6.92 Å². The Bertz CT molecular complexity index is 2340. The highest BCUT2D eigenvalue weighted by molar-refractivity contribution is 9.10. The third-order valence-electron chi connectivity index (χ3n) is 11.8. The van der Waals surface area contributed by atoms with E-state index in [1.54, 1.807) is 11.8 Å². The minimum absolute atomic E-state index is 0.0434. The summed E-state index contributed by atoms with van der Waals surface area (Å²) in [5, 5.41) is 15.7. The predicted molar refractivity (Wildman–Crippen MR) is 242 cm³/mol. The standard InChI is InChI=1S/C46H58BrN9O5/c1-30(32-14-12-15-33(47)26-32)49-45-36-27-39(60-4)40(28-38(36)50-31(2)51-45)61-25-11-9-7-5-6-8-10-20-55-21-23-56(24-22-55)42(58)29-48-37-17-13-16-34-43(53-54(3)44(34)37)35-18-19-41(57)52-46(35)59/h12-17,26-28,30,35,48H,5-11,18-25,29H2,1-4H3,(H,49,50,51)(H,52,57,59)/t30-,35?/m1/s1. The van der Waals surface area contributed by atoms with Gasteiger partial charge in [0, 0.05) is 61.0 Å². The summed E-state index contributed by atoms with van der Waals surface area (Å²) in [4.78, 5) is 51.3. The first-order chi connectivity index (χ1) is 29.6. The van der Waals surface area contributed by atoms with E-state index in [-0.39, 0.29) is 30.3 Å². The number of aryl methyl sites for hydroxylation is 2. The molecular weight excluding hydrogens is 838 g/mol. The average molecular weight is 897 g/mol. The van der Waals surface area contributed by atoms with Gasteiger partial charge in [-0.25, -0.2) is 9.97 Å². The Labute approximate surface area is 366 Å². The topological polar surface area (TPSA) is 156 Å². The molecule has 324 valence electrons. The molecule has 0 saturated carbocycles. The fourth-order valence-corrected chi connectivity index (χ4v) is 8.84. The van der Waals surface area contributed by atoms with Crippen LogP contribution in [0.4, 0.5) is 11.5 Å². The maximum Gasteiger partial charge on any atom is 0.241 e. The van der Waals surface area contributed by atoms with Gasteiger partial charge in [0.15, 0.2) is 11.5 Å².